The average molecular weight is 305 g/mol. The molecule has 5 nitrogen and oxygen atoms in total. The minimum Gasteiger partial charge on any atom is -0.503 e. The molecular weight excluding hydrogens is 300 g/mol. The number of rotatable bonds is 2. The predicted molar refractivity (Wildman–Crippen MR) is 48.9 cm³/mol. The highest BCUT2D eigenvalue weighted by Gasteiger charge is 2.40. The number of carbonyl (C=O) groups is 1. The van der Waals surface area contributed by atoms with Crippen LogP contribution in [0.25, 0.3) is 0 Å². The van der Waals surface area contributed by atoms with Gasteiger partial charge in [-0.15, -0.1) is 13.2 Å². The molecule has 11 heteroatoms. The van der Waals surface area contributed by atoms with Gasteiger partial charge in [0.1, 0.15) is 5.56 Å². The fourth-order valence-electron chi connectivity index (χ4n) is 1.12. The van der Waals surface area contributed by atoms with E-state index in [1.807, 2.05) is 0 Å². The maximum absolute atomic E-state index is 12.5. The molecule has 0 bridgehead atoms. The van der Waals surface area contributed by atoms with Crippen molar-refractivity contribution in [3.8, 4) is 11.6 Å². The molecule has 1 aromatic rings. The molecular formula is C9H5F6NO4. The molecule has 0 saturated heterocycles. The minimum absolute atomic E-state index is 0.0460. The maximum atomic E-state index is 12.5. The summed E-state index contributed by atoms with van der Waals surface area (Å²) in [4.78, 5) is 13.9. The molecule has 1 aromatic heterocycles. The fraction of sp³-hybridized carbons (Fsp3) is 0.333. The molecule has 0 radical (unpaired) electrons. The summed E-state index contributed by atoms with van der Waals surface area (Å²) in [5, 5.41) is 9.11. The summed E-state index contributed by atoms with van der Waals surface area (Å²) in [6, 6.07) is 0.0460. The van der Waals surface area contributed by atoms with Crippen molar-refractivity contribution in [3.63, 3.8) is 0 Å². The van der Waals surface area contributed by atoms with E-state index in [0.717, 1.165) is 7.11 Å². The Morgan fingerprint density at radius 1 is 1.25 bits per heavy atom. The van der Waals surface area contributed by atoms with Crippen LogP contribution in [0.15, 0.2) is 6.07 Å². The lowest BCUT2D eigenvalue weighted by molar-refractivity contribution is -0.276. The van der Waals surface area contributed by atoms with Crippen molar-refractivity contribution in [3.05, 3.63) is 17.3 Å². The lowest BCUT2D eigenvalue weighted by atomic mass is 10.2. The summed E-state index contributed by atoms with van der Waals surface area (Å²) in [6.07, 6.45) is -10.6. The van der Waals surface area contributed by atoms with Crippen molar-refractivity contribution in [2.75, 3.05) is 7.11 Å². The van der Waals surface area contributed by atoms with Gasteiger partial charge in [0.2, 0.25) is 0 Å². The van der Waals surface area contributed by atoms with Gasteiger partial charge in [0.15, 0.2) is 11.4 Å². The molecule has 0 aromatic carbocycles. The number of halogens is 6. The van der Waals surface area contributed by atoms with Gasteiger partial charge in [-0.1, -0.05) is 0 Å². The minimum atomic E-state index is -5.40. The Bertz CT molecular complexity index is 524. The third-order valence-electron chi connectivity index (χ3n) is 1.87. The Kier molecular flexibility index (Phi) is 4.01. The lowest BCUT2D eigenvalue weighted by Crippen LogP contribution is -2.20. The highest BCUT2D eigenvalue weighted by atomic mass is 19.4. The Morgan fingerprint density at radius 3 is 2.20 bits per heavy atom. The second kappa shape index (κ2) is 5.06. The van der Waals surface area contributed by atoms with Crippen molar-refractivity contribution >= 4 is 5.97 Å². The van der Waals surface area contributed by atoms with Crippen LogP contribution < -0.4 is 4.74 Å². The van der Waals surface area contributed by atoms with Crippen LogP contribution in [-0.4, -0.2) is 29.5 Å². The van der Waals surface area contributed by atoms with Crippen LogP contribution in [0.3, 0.4) is 0 Å². The first kappa shape index (κ1) is 15.9. The van der Waals surface area contributed by atoms with Crippen LogP contribution in [-0.2, 0) is 10.9 Å². The molecule has 0 unspecified atom stereocenters. The van der Waals surface area contributed by atoms with Crippen molar-refractivity contribution in [1.29, 1.82) is 0 Å². The maximum Gasteiger partial charge on any atom is 0.574 e. The van der Waals surface area contributed by atoms with E-state index in [1.165, 1.54) is 0 Å². The summed E-state index contributed by atoms with van der Waals surface area (Å²) in [6.45, 7) is 0. The number of hydrogen-bond donors (Lipinski definition) is 1. The van der Waals surface area contributed by atoms with E-state index >= 15 is 0 Å². The molecule has 0 spiro atoms. The first-order valence-electron chi connectivity index (χ1n) is 4.61. The number of ether oxygens (including phenoxy) is 2. The Morgan fingerprint density at radius 2 is 1.80 bits per heavy atom. The molecule has 1 N–H and O–H groups in total. The van der Waals surface area contributed by atoms with E-state index < -0.39 is 41.4 Å². The highest BCUT2D eigenvalue weighted by Crippen LogP contribution is 2.41. The Labute approximate surface area is 106 Å². The fourth-order valence-corrected chi connectivity index (χ4v) is 1.12. The summed E-state index contributed by atoms with van der Waals surface area (Å²) >= 11 is 0. The highest BCUT2D eigenvalue weighted by molar-refractivity contribution is 5.88. The molecule has 0 aliphatic rings. The first-order chi connectivity index (χ1) is 8.95. The topological polar surface area (TPSA) is 68.7 Å². The van der Waals surface area contributed by atoms with Crippen molar-refractivity contribution < 1.29 is 45.7 Å². The number of methoxy groups -OCH3 is 1. The monoisotopic (exact) mass is 305 g/mol. The van der Waals surface area contributed by atoms with Gasteiger partial charge in [-0.2, -0.15) is 13.2 Å². The number of hydrogen-bond acceptors (Lipinski definition) is 5. The van der Waals surface area contributed by atoms with Crippen LogP contribution in [0.2, 0.25) is 0 Å². The van der Waals surface area contributed by atoms with Gasteiger partial charge in [0.25, 0.3) is 5.88 Å². The second-order valence-corrected chi connectivity index (χ2v) is 3.25. The molecule has 20 heavy (non-hydrogen) atoms. The smallest absolute Gasteiger partial charge is 0.503 e. The predicted octanol–water partition coefficient (Wildman–Crippen LogP) is 2.49. The van der Waals surface area contributed by atoms with E-state index in [-0.39, 0.29) is 6.07 Å². The molecule has 0 amide bonds. The summed E-state index contributed by atoms with van der Waals surface area (Å²) < 4.78 is 80.8. The molecule has 0 atom stereocenters. The van der Waals surface area contributed by atoms with Crippen LogP contribution >= 0.6 is 0 Å². The van der Waals surface area contributed by atoms with Gasteiger partial charge < -0.3 is 14.6 Å². The molecule has 0 aliphatic heterocycles. The molecule has 0 fully saturated rings. The number of pyridine rings is 1. The Balaban J connectivity index is 3.47. The van der Waals surface area contributed by atoms with E-state index in [1.54, 1.807) is 0 Å². The SMILES string of the molecule is COC(=O)c1cc(C(F)(F)F)c(O)c(OC(F)(F)F)n1. The van der Waals surface area contributed by atoms with Gasteiger partial charge in [-0.3, -0.25) is 0 Å². The van der Waals surface area contributed by atoms with E-state index in [0.29, 0.717) is 0 Å². The number of esters is 1. The van der Waals surface area contributed by atoms with Crippen molar-refractivity contribution in [2.24, 2.45) is 0 Å². The van der Waals surface area contributed by atoms with Gasteiger partial charge in [0, 0.05) is 0 Å². The molecule has 1 heterocycles. The van der Waals surface area contributed by atoms with Gasteiger partial charge in [-0.05, 0) is 6.07 Å². The summed E-state index contributed by atoms with van der Waals surface area (Å²) in [7, 11) is 0.786. The summed E-state index contributed by atoms with van der Waals surface area (Å²) in [5.41, 5.74) is -3.01. The third-order valence-corrected chi connectivity index (χ3v) is 1.87. The second-order valence-electron chi connectivity index (χ2n) is 3.25. The van der Waals surface area contributed by atoms with Crippen LogP contribution in [0.1, 0.15) is 16.1 Å². The third kappa shape index (κ3) is 3.65. The zero-order valence-corrected chi connectivity index (χ0v) is 9.46. The standard InChI is InChI=1S/C9H5F6NO4/c1-19-7(18)4-2-3(8(10,11)12)5(17)6(16-4)20-9(13,14)15/h2,17H,1H3. The van der Waals surface area contributed by atoms with Crippen LogP contribution in [0.5, 0.6) is 11.6 Å². The summed E-state index contributed by atoms with van der Waals surface area (Å²) in [5.74, 6) is -5.11. The zero-order chi connectivity index (χ0) is 15.7. The first-order valence-corrected chi connectivity index (χ1v) is 4.61. The molecule has 1 rings (SSSR count). The molecule has 112 valence electrons. The van der Waals surface area contributed by atoms with E-state index in [9.17, 15) is 31.1 Å². The quantitative estimate of drug-likeness (QED) is 0.671. The van der Waals surface area contributed by atoms with E-state index in [4.69, 9.17) is 5.11 Å². The Hall–Kier alpha value is -2.20. The van der Waals surface area contributed by atoms with Crippen LogP contribution in [0.4, 0.5) is 26.3 Å². The number of aromatic nitrogens is 1. The van der Waals surface area contributed by atoms with Crippen LogP contribution in [0, 0.1) is 0 Å². The number of carbonyl (C=O) groups excluding carboxylic acids is 1. The van der Waals surface area contributed by atoms with Gasteiger partial charge in [-0.25, -0.2) is 9.78 Å². The number of nitrogens with zero attached hydrogens (tertiary/aromatic N) is 1. The zero-order valence-electron chi connectivity index (χ0n) is 9.46. The average Bonchev–Trinajstić information content (AvgIpc) is 2.27. The number of alkyl halides is 6. The molecule has 0 aliphatic carbocycles. The molecule has 0 saturated carbocycles. The van der Waals surface area contributed by atoms with Gasteiger partial charge in [0.05, 0.1) is 7.11 Å². The lowest BCUT2D eigenvalue weighted by Gasteiger charge is -2.14. The normalized spacial score (nSPS) is 12.2. The largest absolute Gasteiger partial charge is 0.574 e. The van der Waals surface area contributed by atoms with Crippen molar-refractivity contribution in [1.82, 2.24) is 4.98 Å². The van der Waals surface area contributed by atoms with Crippen molar-refractivity contribution in [2.45, 2.75) is 12.5 Å². The van der Waals surface area contributed by atoms with E-state index in [2.05, 4.69) is 14.5 Å². The number of aromatic hydroxyl groups is 1. The van der Waals surface area contributed by atoms with Gasteiger partial charge >= 0.3 is 18.5 Å².